The standard InChI is InChI=1S/C11H7N2S.C5H8O2.Ir/c1-2-6-10-9(5-1)12-11(14-10)13-7-3-4-8-13;1-4(6)3-5(2)7;/h1-7H;3,6H,1-2H3;/q-1;;/b;4-3-;. The van der Waals surface area contributed by atoms with Gasteiger partial charge in [-0.3, -0.25) is 9.78 Å². The molecule has 0 aliphatic carbocycles. The van der Waals surface area contributed by atoms with Gasteiger partial charge in [0.15, 0.2) is 5.78 Å². The number of hydrogen-bond acceptors (Lipinski definition) is 4. The first-order valence-corrected chi connectivity index (χ1v) is 7.17. The molecule has 0 saturated carbocycles. The van der Waals surface area contributed by atoms with Crippen LogP contribution in [0.5, 0.6) is 0 Å². The number of rotatable bonds is 2. The van der Waals surface area contributed by atoms with Crippen LogP contribution in [-0.2, 0) is 24.9 Å². The maximum atomic E-state index is 10.0. The van der Waals surface area contributed by atoms with Crippen LogP contribution in [-0.4, -0.2) is 20.4 Å². The maximum absolute atomic E-state index is 10.0. The Balaban J connectivity index is 0.000000264. The van der Waals surface area contributed by atoms with Gasteiger partial charge in [-0.2, -0.15) is 6.07 Å². The zero-order chi connectivity index (χ0) is 15.2. The number of carbonyl (C=O) groups is 1. The summed E-state index contributed by atoms with van der Waals surface area (Å²) in [6.45, 7) is 2.85. The summed E-state index contributed by atoms with van der Waals surface area (Å²) in [6, 6.07) is 12.0. The molecule has 4 nitrogen and oxygen atoms in total. The summed E-state index contributed by atoms with van der Waals surface area (Å²) in [7, 11) is 0. The maximum Gasteiger partial charge on any atom is 0.155 e. The summed E-state index contributed by atoms with van der Waals surface area (Å²) in [5, 5.41) is 9.33. The van der Waals surface area contributed by atoms with E-state index in [9.17, 15) is 4.79 Å². The van der Waals surface area contributed by atoms with Crippen molar-refractivity contribution in [2.75, 3.05) is 0 Å². The Morgan fingerprint density at radius 3 is 2.55 bits per heavy atom. The Morgan fingerprint density at radius 2 is 2.05 bits per heavy atom. The van der Waals surface area contributed by atoms with Crippen molar-refractivity contribution in [2.24, 2.45) is 0 Å². The molecule has 1 N–H and O–H groups in total. The third-order valence-corrected chi connectivity index (χ3v) is 3.48. The molecule has 1 aromatic carbocycles. The SMILES string of the molecule is CC(=O)/C=C(/C)O.[Ir].[c-]1cccn1-c1nc2ccccc2s1. The van der Waals surface area contributed by atoms with Gasteiger partial charge < -0.3 is 9.67 Å². The van der Waals surface area contributed by atoms with E-state index in [0.29, 0.717) is 0 Å². The fraction of sp³-hybridized carbons (Fsp3) is 0.125. The third-order valence-electron chi connectivity index (χ3n) is 2.45. The van der Waals surface area contributed by atoms with Gasteiger partial charge in [-0.05, 0) is 26.0 Å². The van der Waals surface area contributed by atoms with Crippen LogP contribution >= 0.6 is 11.3 Å². The normalized spacial score (nSPS) is 10.5. The van der Waals surface area contributed by atoms with Crippen LogP contribution in [0.1, 0.15) is 13.8 Å². The molecule has 3 rings (SSSR count). The number of aliphatic hydroxyl groups is 1. The van der Waals surface area contributed by atoms with Crippen molar-refractivity contribution in [2.45, 2.75) is 13.8 Å². The molecule has 0 unspecified atom stereocenters. The Morgan fingerprint density at radius 1 is 1.32 bits per heavy atom. The molecule has 0 fully saturated rings. The predicted molar refractivity (Wildman–Crippen MR) is 84.8 cm³/mol. The zero-order valence-electron chi connectivity index (χ0n) is 12.1. The Kier molecular flexibility index (Phi) is 7.18. The number of allylic oxidation sites excluding steroid dienone is 2. The van der Waals surface area contributed by atoms with Crippen molar-refractivity contribution in [3.8, 4) is 5.13 Å². The average molecular weight is 492 g/mol. The predicted octanol–water partition coefficient (Wildman–Crippen LogP) is 3.92. The molecule has 0 saturated heterocycles. The van der Waals surface area contributed by atoms with Crippen molar-refractivity contribution in [3.05, 3.63) is 60.6 Å². The molecule has 2 aromatic heterocycles. The van der Waals surface area contributed by atoms with Crippen LogP contribution in [0, 0.1) is 6.20 Å². The molecule has 0 atom stereocenters. The summed E-state index contributed by atoms with van der Waals surface area (Å²) < 4.78 is 3.12. The average Bonchev–Trinajstić information content (AvgIpc) is 3.07. The number of carbonyl (C=O) groups excluding carboxylic acids is 1. The molecule has 0 spiro atoms. The van der Waals surface area contributed by atoms with E-state index in [0.717, 1.165) is 10.6 Å². The van der Waals surface area contributed by atoms with Crippen molar-refractivity contribution in [1.82, 2.24) is 9.55 Å². The number of fused-ring (bicyclic) bond motifs is 1. The van der Waals surface area contributed by atoms with E-state index in [2.05, 4.69) is 17.2 Å². The van der Waals surface area contributed by atoms with E-state index in [1.807, 2.05) is 41.1 Å². The summed E-state index contributed by atoms with van der Waals surface area (Å²) >= 11 is 1.68. The Bertz CT molecular complexity index is 726. The van der Waals surface area contributed by atoms with Gasteiger partial charge >= 0.3 is 0 Å². The van der Waals surface area contributed by atoms with Crippen molar-refractivity contribution in [3.63, 3.8) is 0 Å². The number of para-hydroxylation sites is 1. The Hall–Kier alpha value is -1.75. The smallest absolute Gasteiger partial charge is 0.155 e. The number of aromatic nitrogens is 2. The fourth-order valence-corrected chi connectivity index (χ4v) is 2.59. The number of thiazole rings is 1. The van der Waals surface area contributed by atoms with Crippen LogP contribution in [0.25, 0.3) is 15.3 Å². The quantitative estimate of drug-likeness (QED) is 0.336. The molecular formula is C16H15IrN2O2S-. The van der Waals surface area contributed by atoms with Gasteiger partial charge in [-0.25, -0.2) is 0 Å². The number of hydrogen-bond donors (Lipinski definition) is 1. The number of ketones is 1. The van der Waals surface area contributed by atoms with Gasteiger partial charge in [-0.15, -0.1) is 23.6 Å². The van der Waals surface area contributed by atoms with E-state index >= 15 is 0 Å². The van der Waals surface area contributed by atoms with Gasteiger partial charge in [-0.1, -0.05) is 18.3 Å². The van der Waals surface area contributed by atoms with Crippen LogP contribution in [0.4, 0.5) is 0 Å². The second-order valence-corrected chi connectivity index (χ2v) is 5.38. The van der Waals surface area contributed by atoms with Gasteiger partial charge in [0.05, 0.1) is 11.3 Å². The van der Waals surface area contributed by atoms with Gasteiger partial charge in [0, 0.05) is 30.9 Å². The van der Waals surface area contributed by atoms with Crippen LogP contribution < -0.4 is 0 Å². The van der Waals surface area contributed by atoms with Crippen LogP contribution in [0.2, 0.25) is 0 Å². The van der Waals surface area contributed by atoms with Crippen molar-refractivity contribution < 1.29 is 30.0 Å². The summed E-state index contributed by atoms with van der Waals surface area (Å²) in [4.78, 5) is 14.5. The molecule has 3 aromatic rings. The molecule has 0 aliphatic heterocycles. The molecule has 2 heterocycles. The third kappa shape index (κ3) is 5.22. The molecule has 117 valence electrons. The molecule has 0 amide bonds. The molecule has 6 heteroatoms. The summed E-state index contributed by atoms with van der Waals surface area (Å²) in [6.07, 6.45) is 6.20. The Labute approximate surface area is 146 Å². The first-order valence-electron chi connectivity index (χ1n) is 6.35. The zero-order valence-corrected chi connectivity index (χ0v) is 15.3. The first kappa shape index (κ1) is 18.3. The summed E-state index contributed by atoms with van der Waals surface area (Å²) in [5.74, 6) is -0.0625. The number of aliphatic hydroxyl groups excluding tert-OH is 1. The van der Waals surface area contributed by atoms with E-state index in [1.54, 1.807) is 11.3 Å². The van der Waals surface area contributed by atoms with Crippen molar-refractivity contribution >= 4 is 27.3 Å². The van der Waals surface area contributed by atoms with E-state index < -0.39 is 0 Å². The monoisotopic (exact) mass is 492 g/mol. The minimum Gasteiger partial charge on any atom is -0.512 e. The van der Waals surface area contributed by atoms with Gasteiger partial charge in [0.25, 0.3) is 0 Å². The minimum atomic E-state index is -0.125. The van der Waals surface area contributed by atoms with Crippen LogP contribution in [0.15, 0.2) is 54.4 Å². The molecular weight excluding hydrogens is 476 g/mol. The van der Waals surface area contributed by atoms with E-state index in [-0.39, 0.29) is 31.6 Å². The van der Waals surface area contributed by atoms with Crippen molar-refractivity contribution in [1.29, 1.82) is 0 Å². The van der Waals surface area contributed by atoms with Gasteiger partial charge in [0.2, 0.25) is 0 Å². The fourth-order valence-electron chi connectivity index (χ4n) is 1.67. The first-order chi connectivity index (χ1) is 10.1. The topological polar surface area (TPSA) is 55.1 Å². The van der Waals surface area contributed by atoms with E-state index in [1.165, 1.54) is 24.6 Å². The molecule has 1 radical (unpaired) electrons. The number of nitrogens with zero attached hydrogens (tertiary/aromatic N) is 2. The molecule has 0 bridgehead atoms. The summed E-state index contributed by atoms with van der Waals surface area (Å²) in [5.41, 5.74) is 1.05. The van der Waals surface area contributed by atoms with E-state index in [4.69, 9.17) is 5.11 Å². The second-order valence-electron chi connectivity index (χ2n) is 4.37. The van der Waals surface area contributed by atoms with Crippen LogP contribution in [0.3, 0.4) is 0 Å². The largest absolute Gasteiger partial charge is 0.512 e. The minimum absolute atomic E-state index is 0. The second kappa shape index (κ2) is 8.63. The van der Waals surface area contributed by atoms with Gasteiger partial charge in [0.1, 0.15) is 5.13 Å². The molecule has 22 heavy (non-hydrogen) atoms. The molecule has 0 aliphatic rings. The number of benzene rings is 1.